The van der Waals surface area contributed by atoms with Gasteiger partial charge in [0, 0.05) is 31.0 Å². The highest BCUT2D eigenvalue weighted by atomic mass is 16.2. The van der Waals surface area contributed by atoms with Crippen LogP contribution < -0.4 is 0 Å². The largest absolute Gasteiger partial charge is 0.357 e. The first-order valence-electron chi connectivity index (χ1n) is 7.04. The van der Waals surface area contributed by atoms with Crippen LogP contribution >= 0.6 is 0 Å². The molecule has 5 heteroatoms. The lowest BCUT2D eigenvalue weighted by atomic mass is 10.0. The summed E-state index contributed by atoms with van der Waals surface area (Å²) in [6.45, 7) is 4.92. The topological polar surface area (TPSA) is 53.9 Å². The number of carbonyl (C=O) groups excluding carboxylic acids is 1. The van der Waals surface area contributed by atoms with Gasteiger partial charge in [0.05, 0.1) is 11.7 Å². The smallest absolute Gasteiger partial charge is 0.270 e. The maximum absolute atomic E-state index is 12.6. The molecule has 0 bridgehead atoms. The molecule has 3 heterocycles. The fraction of sp³-hybridized carbons (Fsp3) is 0.467. The van der Waals surface area contributed by atoms with Crippen LogP contribution in [0.15, 0.2) is 18.3 Å². The summed E-state index contributed by atoms with van der Waals surface area (Å²) in [5, 5.41) is 4.48. The van der Waals surface area contributed by atoms with Crippen molar-refractivity contribution in [3.63, 3.8) is 0 Å². The van der Waals surface area contributed by atoms with E-state index in [1.807, 2.05) is 35.7 Å². The van der Waals surface area contributed by atoms with Crippen molar-refractivity contribution in [2.24, 2.45) is 7.05 Å². The summed E-state index contributed by atoms with van der Waals surface area (Å²) in [6.07, 6.45) is 3.85. The van der Waals surface area contributed by atoms with Crippen LogP contribution in [0.1, 0.15) is 46.3 Å². The van der Waals surface area contributed by atoms with Gasteiger partial charge in [-0.15, -0.1) is 0 Å². The lowest BCUT2D eigenvalue weighted by Gasteiger charge is -2.25. The average molecular weight is 272 g/mol. The highest BCUT2D eigenvalue weighted by Gasteiger charge is 2.34. The van der Waals surface area contributed by atoms with Crippen LogP contribution in [0.3, 0.4) is 0 Å². The van der Waals surface area contributed by atoms with Gasteiger partial charge in [-0.05, 0) is 38.8 Å². The minimum absolute atomic E-state index is 0.0835. The fourth-order valence-corrected chi connectivity index (χ4v) is 3.20. The highest BCUT2D eigenvalue weighted by molar-refractivity contribution is 5.93. The van der Waals surface area contributed by atoms with Crippen molar-refractivity contribution < 1.29 is 4.79 Å². The molecule has 0 spiro atoms. The zero-order valence-corrected chi connectivity index (χ0v) is 12.2. The maximum atomic E-state index is 12.6. The molecule has 20 heavy (non-hydrogen) atoms. The SMILES string of the molecule is Cc1nn(C)c(C)c1C1CCCN1C(=O)c1ccc[nH]1. The second kappa shape index (κ2) is 4.81. The van der Waals surface area contributed by atoms with Gasteiger partial charge >= 0.3 is 0 Å². The first kappa shape index (κ1) is 13.0. The quantitative estimate of drug-likeness (QED) is 0.912. The van der Waals surface area contributed by atoms with Crippen molar-refractivity contribution in [1.82, 2.24) is 19.7 Å². The van der Waals surface area contributed by atoms with E-state index in [9.17, 15) is 4.79 Å². The second-order valence-corrected chi connectivity index (χ2v) is 5.45. The summed E-state index contributed by atoms with van der Waals surface area (Å²) < 4.78 is 1.90. The molecule has 0 radical (unpaired) electrons. The first-order chi connectivity index (χ1) is 9.59. The van der Waals surface area contributed by atoms with Gasteiger partial charge in [0.25, 0.3) is 5.91 Å². The zero-order chi connectivity index (χ0) is 14.3. The van der Waals surface area contributed by atoms with Crippen LogP contribution in [-0.2, 0) is 7.05 Å². The monoisotopic (exact) mass is 272 g/mol. The molecule has 1 unspecified atom stereocenters. The average Bonchev–Trinajstić information content (AvgIpc) is 3.12. The molecule has 1 amide bonds. The minimum Gasteiger partial charge on any atom is -0.357 e. The van der Waals surface area contributed by atoms with Gasteiger partial charge in [-0.3, -0.25) is 9.48 Å². The van der Waals surface area contributed by atoms with E-state index in [-0.39, 0.29) is 11.9 Å². The number of nitrogens with zero attached hydrogens (tertiary/aromatic N) is 3. The van der Waals surface area contributed by atoms with Crippen LogP contribution in [0.5, 0.6) is 0 Å². The molecule has 0 aliphatic carbocycles. The van der Waals surface area contributed by atoms with Crippen LogP contribution in [0, 0.1) is 13.8 Å². The zero-order valence-electron chi connectivity index (χ0n) is 12.2. The van der Waals surface area contributed by atoms with Crippen molar-refractivity contribution in [3.05, 3.63) is 41.0 Å². The molecule has 1 N–H and O–H groups in total. The molecule has 1 fully saturated rings. The summed E-state index contributed by atoms with van der Waals surface area (Å²) in [5.74, 6) is 0.0835. The number of nitrogens with one attached hydrogen (secondary N) is 1. The molecule has 0 aromatic carbocycles. The van der Waals surface area contributed by atoms with Crippen LogP contribution in [0.2, 0.25) is 0 Å². The Hall–Kier alpha value is -2.04. The predicted molar refractivity (Wildman–Crippen MR) is 76.5 cm³/mol. The Morgan fingerprint density at radius 3 is 2.85 bits per heavy atom. The Morgan fingerprint density at radius 1 is 1.45 bits per heavy atom. The highest BCUT2D eigenvalue weighted by Crippen LogP contribution is 2.36. The molecule has 1 saturated heterocycles. The van der Waals surface area contributed by atoms with E-state index in [1.54, 1.807) is 6.20 Å². The van der Waals surface area contributed by atoms with Gasteiger partial charge in [0.1, 0.15) is 5.69 Å². The van der Waals surface area contributed by atoms with Crippen LogP contribution in [0.4, 0.5) is 0 Å². The number of carbonyl (C=O) groups is 1. The van der Waals surface area contributed by atoms with E-state index in [4.69, 9.17) is 0 Å². The third-order valence-corrected chi connectivity index (χ3v) is 4.24. The van der Waals surface area contributed by atoms with Gasteiger partial charge in [-0.1, -0.05) is 0 Å². The van der Waals surface area contributed by atoms with Crippen molar-refractivity contribution in [2.75, 3.05) is 6.54 Å². The Balaban J connectivity index is 1.95. The predicted octanol–water partition coefficient (Wildman–Crippen LogP) is 2.34. The Morgan fingerprint density at radius 2 is 2.25 bits per heavy atom. The van der Waals surface area contributed by atoms with E-state index in [0.29, 0.717) is 5.69 Å². The Bertz CT molecular complexity index is 627. The number of hydrogen-bond acceptors (Lipinski definition) is 2. The summed E-state index contributed by atoms with van der Waals surface area (Å²) in [5.41, 5.74) is 4.06. The third-order valence-electron chi connectivity index (χ3n) is 4.24. The minimum atomic E-state index is 0.0835. The summed E-state index contributed by atoms with van der Waals surface area (Å²) in [7, 11) is 1.96. The van der Waals surface area contributed by atoms with Gasteiger partial charge in [0.15, 0.2) is 0 Å². The lowest BCUT2D eigenvalue weighted by Crippen LogP contribution is -2.31. The van der Waals surface area contributed by atoms with Crippen molar-refractivity contribution in [3.8, 4) is 0 Å². The number of aryl methyl sites for hydroxylation is 2. The second-order valence-electron chi connectivity index (χ2n) is 5.45. The van der Waals surface area contributed by atoms with E-state index < -0.39 is 0 Å². The normalized spacial score (nSPS) is 18.8. The van der Waals surface area contributed by atoms with Gasteiger partial charge in [-0.25, -0.2) is 0 Å². The molecule has 5 nitrogen and oxygen atoms in total. The summed E-state index contributed by atoms with van der Waals surface area (Å²) in [4.78, 5) is 17.6. The van der Waals surface area contributed by atoms with E-state index in [2.05, 4.69) is 17.0 Å². The number of likely N-dealkylation sites (tertiary alicyclic amines) is 1. The fourth-order valence-electron chi connectivity index (χ4n) is 3.20. The van der Waals surface area contributed by atoms with Crippen LogP contribution in [-0.4, -0.2) is 32.1 Å². The molecular weight excluding hydrogens is 252 g/mol. The van der Waals surface area contributed by atoms with Gasteiger partial charge in [-0.2, -0.15) is 5.10 Å². The molecular formula is C15H20N4O. The Labute approximate surface area is 118 Å². The van der Waals surface area contributed by atoms with Crippen molar-refractivity contribution >= 4 is 5.91 Å². The maximum Gasteiger partial charge on any atom is 0.270 e. The lowest BCUT2D eigenvalue weighted by molar-refractivity contribution is 0.0729. The number of rotatable bonds is 2. The van der Waals surface area contributed by atoms with E-state index >= 15 is 0 Å². The number of hydrogen-bond donors (Lipinski definition) is 1. The third kappa shape index (κ3) is 1.94. The molecule has 0 saturated carbocycles. The molecule has 3 rings (SSSR count). The molecule has 106 valence electrons. The molecule has 1 atom stereocenters. The molecule has 1 aliphatic heterocycles. The summed E-state index contributed by atoms with van der Waals surface area (Å²) >= 11 is 0. The number of H-pyrrole nitrogens is 1. The number of amides is 1. The van der Waals surface area contributed by atoms with Crippen molar-refractivity contribution in [2.45, 2.75) is 32.7 Å². The first-order valence-corrected chi connectivity index (χ1v) is 7.04. The molecule has 2 aromatic heterocycles. The molecule has 1 aliphatic rings. The Kier molecular flexibility index (Phi) is 3.12. The number of aromatic amines is 1. The van der Waals surface area contributed by atoms with Gasteiger partial charge in [0.2, 0.25) is 0 Å². The van der Waals surface area contributed by atoms with Crippen molar-refractivity contribution in [1.29, 1.82) is 0 Å². The molecule has 2 aromatic rings. The van der Waals surface area contributed by atoms with E-state index in [0.717, 1.165) is 30.8 Å². The number of aromatic nitrogens is 3. The summed E-state index contributed by atoms with van der Waals surface area (Å²) in [6, 6.07) is 3.85. The standard InChI is InChI=1S/C15H20N4O/c1-10-14(11(2)18(3)17-10)13-7-5-9-19(13)15(20)12-6-4-8-16-12/h4,6,8,13,16H,5,7,9H2,1-3H3. The van der Waals surface area contributed by atoms with E-state index in [1.165, 1.54) is 5.56 Å². The van der Waals surface area contributed by atoms with Gasteiger partial charge < -0.3 is 9.88 Å². The van der Waals surface area contributed by atoms with Crippen LogP contribution in [0.25, 0.3) is 0 Å².